The van der Waals surface area contributed by atoms with Gasteiger partial charge >= 0.3 is 12.0 Å². The Labute approximate surface area is 259 Å². The molecule has 2 amide bonds. The van der Waals surface area contributed by atoms with Crippen molar-refractivity contribution < 1.29 is 33.3 Å². The van der Waals surface area contributed by atoms with E-state index < -0.39 is 24.3 Å². The molecule has 5 rings (SSSR count). The minimum Gasteiger partial charge on any atom is -0.490 e. The van der Waals surface area contributed by atoms with Crippen molar-refractivity contribution in [1.82, 2.24) is 20.6 Å². The summed E-state index contributed by atoms with van der Waals surface area (Å²) in [4.78, 5) is 24.6. The van der Waals surface area contributed by atoms with Gasteiger partial charge in [-0.2, -0.15) is 5.10 Å². The first-order valence-corrected chi connectivity index (χ1v) is 14.3. The van der Waals surface area contributed by atoms with Gasteiger partial charge in [-0.05, 0) is 55.3 Å². The fourth-order valence-electron chi connectivity index (χ4n) is 5.11. The first-order valence-electron chi connectivity index (χ1n) is 14.3. The van der Waals surface area contributed by atoms with Gasteiger partial charge in [-0.25, -0.2) is 14.0 Å². The van der Waals surface area contributed by atoms with Crippen LogP contribution in [0, 0.1) is 5.82 Å². The molecule has 0 saturated heterocycles. The van der Waals surface area contributed by atoms with Crippen LogP contribution < -0.4 is 25.5 Å². The van der Waals surface area contributed by atoms with Crippen molar-refractivity contribution in [2.45, 2.75) is 32.7 Å². The standard InChI is InChI=1S/C33H34FN5O6/c1-4-44-28-15-22(31-30(32(41)43-3)20(2)36-33(42)37-31)11-14-27(28)45-19-29(40)38-35-16-23-18-39(26-8-6-5-7-25(23)26)17-21-9-12-24(34)13-10-21/h5-16,18,29,31,38,40H,4,17,19H2,1-3H3,(H2,36,37,42)/b35-16-/t29-,31+/m1/s1. The molecule has 0 bridgehead atoms. The summed E-state index contributed by atoms with van der Waals surface area (Å²) in [7, 11) is 1.27. The zero-order chi connectivity index (χ0) is 31.9. The van der Waals surface area contributed by atoms with Crippen LogP contribution in [0.15, 0.2) is 89.3 Å². The molecule has 2 heterocycles. The van der Waals surface area contributed by atoms with Gasteiger partial charge < -0.3 is 34.5 Å². The highest BCUT2D eigenvalue weighted by molar-refractivity contribution is 5.99. The molecule has 0 spiro atoms. The Morgan fingerprint density at radius 1 is 1.13 bits per heavy atom. The number of aliphatic hydroxyl groups excluding tert-OH is 1. The number of aromatic nitrogens is 1. The van der Waals surface area contributed by atoms with Crippen molar-refractivity contribution >= 4 is 29.1 Å². The first kappa shape index (κ1) is 31.1. The maximum atomic E-state index is 13.4. The number of halogens is 1. The molecule has 4 N–H and O–H groups in total. The number of esters is 1. The Morgan fingerprint density at radius 3 is 2.67 bits per heavy atom. The largest absolute Gasteiger partial charge is 0.490 e. The van der Waals surface area contributed by atoms with Gasteiger partial charge in [-0.3, -0.25) is 5.43 Å². The number of hydrogen-bond donors (Lipinski definition) is 4. The highest BCUT2D eigenvalue weighted by Crippen LogP contribution is 2.35. The molecule has 2 atom stereocenters. The fourth-order valence-corrected chi connectivity index (χ4v) is 5.11. The number of para-hydroxylation sites is 1. The molecule has 0 fully saturated rings. The third kappa shape index (κ3) is 7.24. The predicted molar refractivity (Wildman–Crippen MR) is 166 cm³/mol. The van der Waals surface area contributed by atoms with E-state index >= 15 is 0 Å². The van der Waals surface area contributed by atoms with Crippen LogP contribution in [0.4, 0.5) is 9.18 Å². The van der Waals surface area contributed by atoms with Crippen LogP contribution in [0.1, 0.15) is 36.6 Å². The number of benzene rings is 3. The molecular weight excluding hydrogens is 581 g/mol. The summed E-state index contributed by atoms with van der Waals surface area (Å²) in [5.41, 5.74) is 6.71. The lowest BCUT2D eigenvalue weighted by Gasteiger charge is -2.28. The molecule has 12 heteroatoms. The zero-order valence-electron chi connectivity index (χ0n) is 25.0. The molecule has 3 aromatic carbocycles. The highest BCUT2D eigenvalue weighted by atomic mass is 19.1. The van der Waals surface area contributed by atoms with Gasteiger partial charge in [-0.1, -0.05) is 36.4 Å². The molecule has 1 aliphatic heterocycles. The normalized spacial score (nSPS) is 15.5. The topological polar surface area (TPSA) is 135 Å². The van der Waals surface area contributed by atoms with E-state index in [1.807, 2.05) is 37.4 Å². The van der Waals surface area contributed by atoms with Crippen LogP contribution in [-0.4, -0.2) is 54.4 Å². The molecule has 0 aliphatic carbocycles. The van der Waals surface area contributed by atoms with Gasteiger partial charge in [0.05, 0.1) is 31.5 Å². The summed E-state index contributed by atoms with van der Waals surface area (Å²) in [5, 5.41) is 21.1. The van der Waals surface area contributed by atoms with Crippen molar-refractivity contribution in [1.29, 1.82) is 0 Å². The number of fused-ring (bicyclic) bond motifs is 1. The number of allylic oxidation sites excluding steroid dienone is 1. The average Bonchev–Trinajstić information content (AvgIpc) is 3.37. The molecular formula is C33H34FN5O6. The molecule has 1 aromatic heterocycles. The smallest absolute Gasteiger partial charge is 0.337 e. The first-order chi connectivity index (χ1) is 21.8. The van der Waals surface area contributed by atoms with E-state index in [9.17, 15) is 19.1 Å². The molecule has 234 valence electrons. The lowest BCUT2D eigenvalue weighted by atomic mass is 9.95. The number of methoxy groups -OCH3 is 1. The van der Waals surface area contributed by atoms with E-state index in [1.165, 1.54) is 19.2 Å². The van der Waals surface area contributed by atoms with Gasteiger partial charge in [0.15, 0.2) is 17.7 Å². The van der Waals surface area contributed by atoms with Crippen LogP contribution in [-0.2, 0) is 16.1 Å². The second-order valence-electron chi connectivity index (χ2n) is 10.3. The number of ether oxygens (including phenoxy) is 3. The van der Waals surface area contributed by atoms with Gasteiger partial charge in [0, 0.05) is 34.9 Å². The Morgan fingerprint density at radius 2 is 1.91 bits per heavy atom. The van der Waals surface area contributed by atoms with Crippen molar-refractivity contribution in [3.63, 3.8) is 0 Å². The van der Waals surface area contributed by atoms with E-state index in [0.717, 1.165) is 22.0 Å². The monoisotopic (exact) mass is 615 g/mol. The van der Waals surface area contributed by atoms with Crippen molar-refractivity contribution in [2.24, 2.45) is 5.10 Å². The van der Waals surface area contributed by atoms with Gasteiger partial charge in [-0.15, -0.1) is 0 Å². The van der Waals surface area contributed by atoms with E-state index in [1.54, 1.807) is 43.5 Å². The highest BCUT2D eigenvalue weighted by Gasteiger charge is 2.32. The average molecular weight is 616 g/mol. The summed E-state index contributed by atoms with van der Waals surface area (Å²) in [5.74, 6) is -0.128. The molecule has 0 saturated carbocycles. The Bertz CT molecular complexity index is 1750. The molecule has 4 aromatic rings. The lowest BCUT2D eigenvalue weighted by Crippen LogP contribution is -2.45. The van der Waals surface area contributed by atoms with Crippen molar-refractivity contribution in [3.8, 4) is 11.5 Å². The molecule has 0 unspecified atom stereocenters. The number of hydrazone groups is 1. The second-order valence-corrected chi connectivity index (χ2v) is 10.3. The van der Waals surface area contributed by atoms with Crippen molar-refractivity contribution in [3.05, 3.63) is 107 Å². The number of hydrogen-bond acceptors (Lipinski definition) is 8. The SMILES string of the molecule is CCOc1cc([C@@H]2NC(=O)NC(C)=C2C(=O)OC)ccc1OC[C@@H](O)N/N=C\c1cn(Cc2ccc(F)cc2)c2ccccc12. The lowest BCUT2D eigenvalue weighted by molar-refractivity contribution is -0.136. The summed E-state index contributed by atoms with van der Waals surface area (Å²) in [6.07, 6.45) is 2.42. The number of nitrogens with one attached hydrogen (secondary N) is 3. The maximum absolute atomic E-state index is 13.4. The number of carbonyl (C=O) groups excluding carboxylic acids is 2. The van der Waals surface area contributed by atoms with Gasteiger partial charge in [0.1, 0.15) is 12.4 Å². The number of carbonyl (C=O) groups is 2. The molecule has 11 nitrogen and oxygen atoms in total. The summed E-state index contributed by atoms with van der Waals surface area (Å²) in [6, 6.07) is 18.1. The van der Waals surface area contributed by atoms with Crippen LogP contribution in [0.25, 0.3) is 10.9 Å². The minimum atomic E-state index is -1.15. The molecule has 0 radical (unpaired) electrons. The fraction of sp³-hybridized carbons (Fsp3) is 0.242. The van der Waals surface area contributed by atoms with E-state index in [2.05, 4.69) is 25.7 Å². The third-order valence-electron chi connectivity index (χ3n) is 7.18. The van der Waals surface area contributed by atoms with E-state index in [0.29, 0.717) is 35.9 Å². The number of urea groups is 1. The summed E-state index contributed by atoms with van der Waals surface area (Å²) in [6.45, 7) is 4.18. The Hall–Kier alpha value is -5.36. The van der Waals surface area contributed by atoms with E-state index in [4.69, 9.17) is 14.2 Å². The Balaban J connectivity index is 1.25. The van der Waals surface area contributed by atoms with Crippen LogP contribution in [0.3, 0.4) is 0 Å². The number of amides is 2. The molecule has 45 heavy (non-hydrogen) atoms. The predicted octanol–water partition coefficient (Wildman–Crippen LogP) is 4.35. The van der Waals surface area contributed by atoms with Crippen LogP contribution in [0.5, 0.6) is 11.5 Å². The van der Waals surface area contributed by atoms with Crippen LogP contribution >= 0.6 is 0 Å². The number of nitrogens with zero attached hydrogens (tertiary/aromatic N) is 2. The number of aliphatic hydroxyl groups is 1. The van der Waals surface area contributed by atoms with Crippen LogP contribution in [0.2, 0.25) is 0 Å². The summed E-state index contributed by atoms with van der Waals surface area (Å²) < 4.78 is 31.9. The zero-order valence-corrected chi connectivity index (χ0v) is 25.0. The second kappa shape index (κ2) is 14.0. The Kier molecular flexibility index (Phi) is 9.64. The minimum absolute atomic E-state index is 0.153. The van der Waals surface area contributed by atoms with Crippen molar-refractivity contribution in [2.75, 3.05) is 20.3 Å². The molecule has 1 aliphatic rings. The third-order valence-corrected chi connectivity index (χ3v) is 7.18. The van der Waals surface area contributed by atoms with Gasteiger partial charge in [0.25, 0.3) is 0 Å². The maximum Gasteiger partial charge on any atom is 0.337 e. The van der Waals surface area contributed by atoms with E-state index in [-0.39, 0.29) is 18.0 Å². The number of rotatable bonds is 12. The quantitative estimate of drug-likeness (QED) is 0.0806. The summed E-state index contributed by atoms with van der Waals surface area (Å²) >= 11 is 0. The van der Waals surface area contributed by atoms with Gasteiger partial charge in [0.2, 0.25) is 0 Å².